The fourth-order valence-electron chi connectivity index (χ4n) is 2.10. The molecule has 1 amide bonds. The lowest BCUT2D eigenvalue weighted by atomic mass is 10.0. The number of carbonyl (C=O) groups is 1. The number of carbonyl (C=O) groups excluding carboxylic acids is 1. The number of hydrogen-bond acceptors (Lipinski definition) is 3. The number of benzene rings is 1. The van der Waals surface area contributed by atoms with E-state index in [-0.39, 0.29) is 18.6 Å². The first-order valence-electron chi connectivity index (χ1n) is 6.45. The van der Waals surface area contributed by atoms with Crippen molar-refractivity contribution >= 4 is 16.8 Å². The lowest BCUT2D eigenvalue weighted by Gasteiger charge is -2.18. The zero-order valence-electron chi connectivity index (χ0n) is 11.2. The number of nitrogens with one attached hydrogen (secondary N) is 2. The number of fused-ring (bicyclic) bond motifs is 1. The van der Waals surface area contributed by atoms with Gasteiger partial charge in [-0.2, -0.15) is 5.10 Å². The van der Waals surface area contributed by atoms with Crippen molar-refractivity contribution in [2.24, 2.45) is 5.92 Å². The fourth-order valence-corrected chi connectivity index (χ4v) is 2.10. The van der Waals surface area contributed by atoms with E-state index in [2.05, 4.69) is 29.4 Å². The molecule has 0 aliphatic heterocycles. The molecule has 1 heterocycles. The second kappa shape index (κ2) is 5.84. The number of rotatable bonds is 5. The first-order valence-corrected chi connectivity index (χ1v) is 6.45. The Morgan fingerprint density at radius 3 is 2.95 bits per heavy atom. The van der Waals surface area contributed by atoms with Gasteiger partial charge in [0.1, 0.15) is 0 Å². The van der Waals surface area contributed by atoms with Crippen molar-refractivity contribution < 1.29 is 9.90 Å². The molecule has 0 aliphatic rings. The molecular formula is C14H19N3O2. The highest BCUT2D eigenvalue weighted by Crippen LogP contribution is 2.13. The summed E-state index contributed by atoms with van der Waals surface area (Å²) in [6.45, 7) is 4.08. The van der Waals surface area contributed by atoms with E-state index in [1.54, 1.807) is 18.3 Å². The maximum atomic E-state index is 12.1. The minimum atomic E-state index is -0.201. The summed E-state index contributed by atoms with van der Waals surface area (Å²) in [5, 5.41) is 19.8. The summed E-state index contributed by atoms with van der Waals surface area (Å²) in [4.78, 5) is 12.1. The summed E-state index contributed by atoms with van der Waals surface area (Å²) < 4.78 is 0. The van der Waals surface area contributed by atoms with Crippen LogP contribution in [0.5, 0.6) is 0 Å². The minimum Gasteiger partial charge on any atom is -0.394 e. The number of aliphatic hydroxyl groups excluding tert-OH is 1. The van der Waals surface area contributed by atoms with Gasteiger partial charge in [-0.1, -0.05) is 13.8 Å². The van der Waals surface area contributed by atoms with Gasteiger partial charge in [-0.3, -0.25) is 9.89 Å². The highest BCUT2D eigenvalue weighted by atomic mass is 16.3. The van der Waals surface area contributed by atoms with Crippen LogP contribution in [0.25, 0.3) is 10.9 Å². The molecule has 5 nitrogen and oxygen atoms in total. The van der Waals surface area contributed by atoms with Crippen LogP contribution in [0.3, 0.4) is 0 Å². The Kier molecular flexibility index (Phi) is 4.16. The topological polar surface area (TPSA) is 78.0 Å². The van der Waals surface area contributed by atoms with Crippen LogP contribution >= 0.6 is 0 Å². The molecule has 3 N–H and O–H groups in total. The second-order valence-corrected chi connectivity index (χ2v) is 5.15. The molecule has 1 unspecified atom stereocenters. The molecule has 0 bridgehead atoms. The van der Waals surface area contributed by atoms with Gasteiger partial charge in [0.15, 0.2) is 0 Å². The molecule has 0 fully saturated rings. The number of hydrogen-bond donors (Lipinski definition) is 3. The smallest absolute Gasteiger partial charge is 0.251 e. The van der Waals surface area contributed by atoms with Crippen LogP contribution in [0.15, 0.2) is 24.4 Å². The Morgan fingerprint density at radius 2 is 2.26 bits per heavy atom. The molecule has 1 atom stereocenters. The number of aromatic amines is 1. The molecule has 0 saturated carbocycles. The number of nitrogens with zero attached hydrogens (tertiary/aromatic N) is 1. The minimum absolute atomic E-state index is 0.0438. The average Bonchev–Trinajstić information content (AvgIpc) is 2.84. The number of amides is 1. The highest BCUT2D eigenvalue weighted by Gasteiger charge is 2.14. The van der Waals surface area contributed by atoms with Crippen LogP contribution in [-0.4, -0.2) is 33.9 Å². The number of aromatic nitrogens is 2. The first kappa shape index (κ1) is 13.5. The Labute approximate surface area is 112 Å². The third-order valence-corrected chi connectivity index (χ3v) is 3.01. The number of H-pyrrole nitrogens is 1. The van der Waals surface area contributed by atoms with E-state index in [1.165, 1.54) is 0 Å². The maximum absolute atomic E-state index is 12.1. The third kappa shape index (κ3) is 3.32. The Morgan fingerprint density at radius 1 is 1.47 bits per heavy atom. The van der Waals surface area contributed by atoms with E-state index in [9.17, 15) is 9.90 Å². The lowest BCUT2D eigenvalue weighted by Crippen LogP contribution is -2.38. The van der Waals surface area contributed by atoms with Crippen molar-refractivity contribution in [2.45, 2.75) is 26.3 Å². The largest absolute Gasteiger partial charge is 0.394 e. The molecule has 0 saturated heterocycles. The molecule has 1 aromatic carbocycles. The predicted octanol–water partition coefficient (Wildman–Crippen LogP) is 1.70. The van der Waals surface area contributed by atoms with Gasteiger partial charge < -0.3 is 10.4 Å². The molecular weight excluding hydrogens is 242 g/mol. The summed E-state index contributed by atoms with van der Waals surface area (Å²) in [6.07, 6.45) is 2.44. The molecule has 5 heteroatoms. The van der Waals surface area contributed by atoms with Crippen molar-refractivity contribution in [2.75, 3.05) is 6.61 Å². The summed E-state index contributed by atoms with van der Waals surface area (Å²) >= 11 is 0. The molecule has 0 spiro atoms. The third-order valence-electron chi connectivity index (χ3n) is 3.01. The van der Waals surface area contributed by atoms with Gasteiger partial charge in [-0.05, 0) is 30.5 Å². The molecule has 0 radical (unpaired) electrons. The quantitative estimate of drug-likeness (QED) is 0.766. The summed E-state index contributed by atoms with van der Waals surface area (Å²) in [5.74, 6) is 0.261. The Hall–Kier alpha value is -1.88. The van der Waals surface area contributed by atoms with Crippen molar-refractivity contribution in [1.82, 2.24) is 15.5 Å². The maximum Gasteiger partial charge on any atom is 0.251 e. The highest BCUT2D eigenvalue weighted by molar-refractivity contribution is 5.97. The van der Waals surface area contributed by atoms with Crippen LogP contribution in [-0.2, 0) is 0 Å². The van der Waals surface area contributed by atoms with Gasteiger partial charge in [0, 0.05) is 10.9 Å². The molecule has 1 aromatic heterocycles. The van der Waals surface area contributed by atoms with E-state index >= 15 is 0 Å². The normalized spacial score (nSPS) is 12.8. The molecule has 102 valence electrons. The van der Waals surface area contributed by atoms with Gasteiger partial charge in [0.25, 0.3) is 5.91 Å². The van der Waals surface area contributed by atoms with Crippen LogP contribution in [0, 0.1) is 5.92 Å². The van der Waals surface area contributed by atoms with Crippen LogP contribution in [0.4, 0.5) is 0 Å². The summed E-state index contributed by atoms with van der Waals surface area (Å²) in [6, 6.07) is 5.16. The van der Waals surface area contributed by atoms with E-state index in [1.807, 2.05) is 6.07 Å². The SMILES string of the molecule is CC(C)CC(CO)NC(=O)c1ccc2[nH]ncc2c1. The van der Waals surface area contributed by atoms with Gasteiger partial charge in [0.05, 0.1) is 24.4 Å². The van der Waals surface area contributed by atoms with E-state index in [0.717, 1.165) is 17.3 Å². The molecule has 2 rings (SSSR count). The van der Waals surface area contributed by atoms with Gasteiger partial charge in [0.2, 0.25) is 0 Å². The summed E-state index contributed by atoms with van der Waals surface area (Å²) in [5.41, 5.74) is 1.48. The van der Waals surface area contributed by atoms with Gasteiger partial charge >= 0.3 is 0 Å². The first-order chi connectivity index (χ1) is 9.10. The van der Waals surface area contributed by atoms with Gasteiger partial charge in [-0.25, -0.2) is 0 Å². The second-order valence-electron chi connectivity index (χ2n) is 5.15. The average molecular weight is 261 g/mol. The zero-order valence-corrected chi connectivity index (χ0v) is 11.2. The Balaban J connectivity index is 2.09. The zero-order chi connectivity index (χ0) is 13.8. The Bertz CT molecular complexity index is 563. The van der Waals surface area contributed by atoms with Crippen molar-refractivity contribution in [3.05, 3.63) is 30.0 Å². The van der Waals surface area contributed by atoms with E-state index in [4.69, 9.17) is 0 Å². The molecule has 2 aromatic rings. The van der Waals surface area contributed by atoms with Gasteiger partial charge in [-0.15, -0.1) is 0 Å². The fraction of sp³-hybridized carbons (Fsp3) is 0.429. The lowest BCUT2D eigenvalue weighted by molar-refractivity contribution is 0.0908. The molecule has 0 aliphatic carbocycles. The van der Waals surface area contributed by atoms with Crippen molar-refractivity contribution in [1.29, 1.82) is 0 Å². The van der Waals surface area contributed by atoms with E-state index < -0.39 is 0 Å². The number of aliphatic hydroxyl groups is 1. The molecule has 19 heavy (non-hydrogen) atoms. The summed E-state index contributed by atoms with van der Waals surface area (Å²) in [7, 11) is 0. The van der Waals surface area contributed by atoms with Crippen molar-refractivity contribution in [3.8, 4) is 0 Å². The standard InChI is InChI=1S/C14H19N3O2/c1-9(2)5-12(8-18)16-14(19)10-3-4-13-11(6-10)7-15-17-13/h3-4,6-7,9,12,18H,5,8H2,1-2H3,(H,15,17)(H,16,19). The van der Waals surface area contributed by atoms with E-state index in [0.29, 0.717) is 11.5 Å². The van der Waals surface area contributed by atoms with Crippen LogP contribution in [0.2, 0.25) is 0 Å². The van der Waals surface area contributed by atoms with Crippen molar-refractivity contribution in [3.63, 3.8) is 0 Å². The predicted molar refractivity (Wildman–Crippen MR) is 73.9 cm³/mol. The van der Waals surface area contributed by atoms with Crippen LogP contribution in [0.1, 0.15) is 30.6 Å². The monoisotopic (exact) mass is 261 g/mol. The van der Waals surface area contributed by atoms with Crippen LogP contribution < -0.4 is 5.32 Å².